The summed E-state index contributed by atoms with van der Waals surface area (Å²) in [6, 6.07) is 16.7. The molecule has 0 aliphatic carbocycles. The van der Waals surface area contributed by atoms with Crippen LogP contribution in [0.2, 0.25) is 0 Å². The number of anilines is 1. The molecule has 3 aliphatic heterocycles. The number of methoxy groups -OCH3 is 1. The normalized spacial score (nSPS) is 20.1. The third kappa shape index (κ3) is 5.29. The summed E-state index contributed by atoms with van der Waals surface area (Å²) in [5.41, 5.74) is 2.83. The molecule has 0 unspecified atom stereocenters. The zero-order valence-electron chi connectivity index (χ0n) is 24.1. The van der Waals surface area contributed by atoms with E-state index >= 15 is 0 Å². The molecule has 9 nitrogen and oxygen atoms in total. The van der Waals surface area contributed by atoms with Crippen LogP contribution in [0.15, 0.2) is 59.6 Å². The van der Waals surface area contributed by atoms with Gasteiger partial charge in [-0.25, -0.2) is 13.4 Å². The van der Waals surface area contributed by atoms with E-state index in [4.69, 9.17) is 14.5 Å². The Bertz CT molecular complexity index is 1460. The first-order chi connectivity index (χ1) is 19.8. The number of rotatable bonds is 8. The first kappa shape index (κ1) is 27.9. The summed E-state index contributed by atoms with van der Waals surface area (Å²) in [4.78, 5) is 14.4. The van der Waals surface area contributed by atoms with E-state index < -0.39 is 10.0 Å². The average molecular weight is 578 g/mol. The number of piperidine rings is 1. The van der Waals surface area contributed by atoms with Crippen molar-refractivity contribution >= 4 is 15.8 Å². The standard InChI is InChI=1S/C31H39N5O4S/c1-23-19-26(39-3)20-24(2)29(23)41(37,38)36-21-27(22-36)40-30-32-14-11-28(33-30)34-17-12-31(13-18-34,35-15-7-8-16-35)25-9-5-4-6-10-25/h4-6,9-11,14,19-20,27H,7-8,12-13,15-18,21-22H2,1-3H3. The molecule has 3 fully saturated rings. The minimum Gasteiger partial charge on any atom is -0.497 e. The summed E-state index contributed by atoms with van der Waals surface area (Å²) in [6.45, 7) is 8.24. The smallest absolute Gasteiger partial charge is 0.318 e. The Morgan fingerprint density at radius 1 is 0.927 bits per heavy atom. The van der Waals surface area contributed by atoms with Crippen molar-refractivity contribution in [2.45, 2.75) is 56.1 Å². The van der Waals surface area contributed by atoms with Gasteiger partial charge >= 0.3 is 6.01 Å². The van der Waals surface area contributed by atoms with Gasteiger partial charge in [0.15, 0.2) is 0 Å². The number of likely N-dealkylation sites (tertiary alicyclic amines) is 1. The van der Waals surface area contributed by atoms with Gasteiger partial charge in [-0.05, 0) is 87.5 Å². The van der Waals surface area contributed by atoms with E-state index in [-0.39, 0.29) is 24.7 Å². The Kier molecular flexibility index (Phi) is 7.65. The van der Waals surface area contributed by atoms with Gasteiger partial charge in [0.2, 0.25) is 10.0 Å². The second-order valence-corrected chi connectivity index (χ2v) is 13.3. The Labute approximate surface area is 243 Å². The van der Waals surface area contributed by atoms with E-state index in [0.717, 1.165) is 44.8 Å². The van der Waals surface area contributed by atoms with Crippen LogP contribution in [0.3, 0.4) is 0 Å². The molecule has 0 bridgehead atoms. The van der Waals surface area contributed by atoms with Gasteiger partial charge in [-0.3, -0.25) is 4.90 Å². The minimum atomic E-state index is -3.64. The van der Waals surface area contributed by atoms with E-state index in [2.05, 4.69) is 45.1 Å². The molecule has 0 N–H and O–H groups in total. The number of hydrogen-bond donors (Lipinski definition) is 0. The number of ether oxygens (including phenoxy) is 2. The van der Waals surface area contributed by atoms with Crippen molar-refractivity contribution in [2.75, 3.05) is 51.3 Å². The SMILES string of the molecule is COc1cc(C)c(S(=O)(=O)N2CC(Oc3nccc(N4CCC(c5ccccc5)(N5CCCC5)CC4)n3)C2)c(C)c1. The van der Waals surface area contributed by atoms with Crippen LogP contribution in [0.5, 0.6) is 11.8 Å². The molecule has 0 atom stereocenters. The Morgan fingerprint density at radius 2 is 1.59 bits per heavy atom. The molecule has 6 rings (SSSR count). The molecule has 0 saturated carbocycles. The Hall–Kier alpha value is -3.21. The zero-order chi connectivity index (χ0) is 28.6. The van der Waals surface area contributed by atoms with Gasteiger partial charge in [0.25, 0.3) is 0 Å². The quantitative estimate of drug-likeness (QED) is 0.395. The molecule has 2 aromatic carbocycles. The zero-order valence-corrected chi connectivity index (χ0v) is 24.9. The highest BCUT2D eigenvalue weighted by molar-refractivity contribution is 7.89. The molecule has 218 valence electrons. The lowest BCUT2D eigenvalue weighted by Gasteiger charge is -2.48. The van der Waals surface area contributed by atoms with Crippen LogP contribution < -0.4 is 14.4 Å². The number of hydrogen-bond acceptors (Lipinski definition) is 8. The van der Waals surface area contributed by atoms with Crippen LogP contribution >= 0.6 is 0 Å². The fourth-order valence-corrected chi connectivity index (χ4v) is 8.65. The number of nitrogens with zero attached hydrogens (tertiary/aromatic N) is 5. The molecule has 0 radical (unpaired) electrons. The molecule has 4 heterocycles. The number of sulfonamides is 1. The lowest BCUT2D eigenvalue weighted by Crippen LogP contribution is -2.56. The molecule has 10 heteroatoms. The van der Waals surface area contributed by atoms with Crippen molar-refractivity contribution in [1.29, 1.82) is 0 Å². The predicted molar refractivity (Wildman–Crippen MR) is 158 cm³/mol. The van der Waals surface area contributed by atoms with Crippen molar-refractivity contribution < 1.29 is 17.9 Å². The van der Waals surface area contributed by atoms with Gasteiger partial charge in [-0.15, -0.1) is 0 Å². The molecule has 3 aliphatic rings. The Balaban J connectivity index is 1.10. The van der Waals surface area contributed by atoms with Gasteiger partial charge in [-0.2, -0.15) is 9.29 Å². The highest BCUT2D eigenvalue weighted by atomic mass is 32.2. The van der Waals surface area contributed by atoms with Crippen molar-refractivity contribution in [1.82, 2.24) is 19.2 Å². The first-order valence-corrected chi connectivity index (χ1v) is 15.9. The van der Waals surface area contributed by atoms with Gasteiger partial charge < -0.3 is 14.4 Å². The van der Waals surface area contributed by atoms with Crippen molar-refractivity contribution in [3.63, 3.8) is 0 Å². The molecule has 1 aromatic heterocycles. The lowest BCUT2D eigenvalue weighted by molar-refractivity contribution is 0.0673. The summed E-state index contributed by atoms with van der Waals surface area (Å²) in [7, 11) is -2.06. The fraction of sp³-hybridized carbons (Fsp3) is 0.484. The van der Waals surface area contributed by atoms with E-state index in [9.17, 15) is 8.42 Å². The number of aromatic nitrogens is 2. The lowest BCUT2D eigenvalue weighted by atomic mass is 9.79. The Morgan fingerprint density at radius 3 is 2.22 bits per heavy atom. The van der Waals surface area contributed by atoms with Crippen LogP contribution in [0.25, 0.3) is 0 Å². The van der Waals surface area contributed by atoms with Gasteiger partial charge in [0.1, 0.15) is 17.7 Å². The molecular formula is C31H39N5O4S. The molecule has 41 heavy (non-hydrogen) atoms. The van der Waals surface area contributed by atoms with Gasteiger partial charge in [0, 0.05) is 24.8 Å². The highest BCUT2D eigenvalue weighted by Gasteiger charge is 2.43. The second kappa shape index (κ2) is 11.2. The van der Waals surface area contributed by atoms with E-state index in [1.165, 1.54) is 22.7 Å². The molecular weight excluding hydrogens is 538 g/mol. The molecule has 3 saturated heterocycles. The monoisotopic (exact) mass is 577 g/mol. The number of benzene rings is 2. The predicted octanol–water partition coefficient (Wildman–Crippen LogP) is 4.15. The summed E-state index contributed by atoms with van der Waals surface area (Å²) in [5, 5.41) is 0. The molecule has 3 aromatic rings. The highest BCUT2D eigenvalue weighted by Crippen LogP contribution is 2.41. The maximum absolute atomic E-state index is 13.4. The van der Waals surface area contributed by atoms with E-state index in [1.807, 2.05) is 6.07 Å². The first-order valence-electron chi connectivity index (χ1n) is 14.5. The maximum atomic E-state index is 13.4. The number of aryl methyl sites for hydroxylation is 2. The largest absolute Gasteiger partial charge is 0.497 e. The van der Waals surface area contributed by atoms with Crippen LogP contribution in [-0.4, -0.2) is 80.1 Å². The topological polar surface area (TPSA) is 88.1 Å². The van der Waals surface area contributed by atoms with E-state index in [1.54, 1.807) is 39.3 Å². The average Bonchev–Trinajstić information content (AvgIpc) is 3.50. The third-order valence-electron chi connectivity index (χ3n) is 8.91. The van der Waals surface area contributed by atoms with Crippen molar-refractivity contribution in [3.8, 4) is 11.8 Å². The summed E-state index contributed by atoms with van der Waals surface area (Å²) >= 11 is 0. The van der Waals surface area contributed by atoms with Crippen LogP contribution in [-0.2, 0) is 15.6 Å². The van der Waals surface area contributed by atoms with Crippen molar-refractivity contribution in [3.05, 3.63) is 71.4 Å². The molecule has 0 amide bonds. The summed E-state index contributed by atoms with van der Waals surface area (Å²) in [6.07, 6.45) is 6.05. The van der Waals surface area contributed by atoms with Crippen LogP contribution in [0.1, 0.15) is 42.4 Å². The van der Waals surface area contributed by atoms with Crippen LogP contribution in [0, 0.1) is 13.8 Å². The molecule has 0 spiro atoms. The minimum absolute atomic E-state index is 0.0715. The van der Waals surface area contributed by atoms with Gasteiger partial charge in [0.05, 0.1) is 25.1 Å². The van der Waals surface area contributed by atoms with Gasteiger partial charge in [-0.1, -0.05) is 30.3 Å². The maximum Gasteiger partial charge on any atom is 0.318 e. The summed E-state index contributed by atoms with van der Waals surface area (Å²) < 4.78 is 39.5. The van der Waals surface area contributed by atoms with E-state index in [0.29, 0.717) is 27.8 Å². The second-order valence-electron chi connectivity index (χ2n) is 11.4. The fourth-order valence-electron chi connectivity index (χ4n) is 6.74. The summed E-state index contributed by atoms with van der Waals surface area (Å²) in [5.74, 6) is 1.50. The van der Waals surface area contributed by atoms with Crippen LogP contribution in [0.4, 0.5) is 5.82 Å². The van der Waals surface area contributed by atoms with Crippen molar-refractivity contribution in [2.24, 2.45) is 0 Å². The third-order valence-corrected chi connectivity index (χ3v) is 11.0.